The summed E-state index contributed by atoms with van der Waals surface area (Å²) in [7, 11) is 1.56. The van der Waals surface area contributed by atoms with Gasteiger partial charge in [0.1, 0.15) is 0 Å². The predicted molar refractivity (Wildman–Crippen MR) is 126 cm³/mol. The van der Waals surface area contributed by atoms with Gasteiger partial charge in [0.05, 0.1) is 28.9 Å². The number of anilines is 1. The second-order valence-corrected chi connectivity index (χ2v) is 9.23. The Morgan fingerprint density at radius 2 is 1.78 bits per heavy atom. The first-order chi connectivity index (χ1) is 17.2. The molecule has 2 aliphatic heterocycles. The average Bonchev–Trinajstić information content (AvgIpc) is 3.40. The molecule has 10 heteroatoms. The van der Waals surface area contributed by atoms with Gasteiger partial charge in [-0.1, -0.05) is 12.1 Å². The first-order valence-corrected chi connectivity index (χ1v) is 11.7. The molecule has 0 spiro atoms. The van der Waals surface area contributed by atoms with Crippen molar-refractivity contribution in [3.63, 3.8) is 0 Å². The monoisotopic (exact) mass is 495 g/mol. The molecule has 0 saturated carbocycles. The topological polar surface area (TPSA) is 88.5 Å². The van der Waals surface area contributed by atoms with Gasteiger partial charge in [-0.15, -0.1) is 0 Å². The SMILES string of the molecule is CN1C(=O)N(c2cccc(C(F)(F)F)c2)C2=C(C(=O)CCC2)C1c1ccc(C#N)cc1C1CNNC1. The van der Waals surface area contributed by atoms with Crippen molar-refractivity contribution in [2.75, 3.05) is 25.0 Å². The van der Waals surface area contributed by atoms with Crippen LogP contribution in [0, 0.1) is 11.3 Å². The van der Waals surface area contributed by atoms with E-state index in [0.29, 0.717) is 49.2 Å². The first kappa shape index (κ1) is 24.0. The number of alkyl halides is 3. The van der Waals surface area contributed by atoms with Crippen molar-refractivity contribution in [1.82, 2.24) is 15.8 Å². The van der Waals surface area contributed by atoms with Crippen LogP contribution in [0.15, 0.2) is 53.7 Å². The maximum absolute atomic E-state index is 13.7. The molecule has 2 N–H and O–H groups in total. The number of halogens is 3. The molecular weight excluding hydrogens is 471 g/mol. The number of urea groups is 1. The minimum absolute atomic E-state index is 0.0149. The van der Waals surface area contributed by atoms with E-state index in [1.165, 1.54) is 21.9 Å². The Bertz CT molecular complexity index is 1310. The average molecular weight is 496 g/mol. The standard InChI is InChI=1S/C26H24F3N5O2/c1-33-24(19-9-8-15(12-30)10-20(19)16-13-31-32-14-16)23-21(6-3-7-22(23)35)34(25(33)36)18-5-2-4-17(11-18)26(27,28)29/h2,4-5,8-11,16,24,31-32H,3,6-7,13-14H2,1H3. The fourth-order valence-corrected chi connectivity index (χ4v) is 5.35. The zero-order valence-corrected chi connectivity index (χ0v) is 19.5. The van der Waals surface area contributed by atoms with Crippen molar-refractivity contribution < 1.29 is 22.8 Å². The molecule has 0 bridgehead atoms. The third kappa shape index (κ3) is 4.04. The highest BCUT2D eigenvalue weighted by Gasteiger charge is 2.44. The predicted octanol–water partition coefficient (Wildman–Crippen LogP) is 4.39. The number of hydrazine groups is 1. The van der Waals surface area contributed by atoms with E-state index in [4.69, 9.17) is 0 Å². The summed E-state index contributed by atoms with van der Waals surface area (Å²) in [5.74, 6) is -0.114. The van der Waals surface area contributed by atoms with Crippen LogP contribution in [0.4, 0.5) is 23.7 Å². The van der Waals surface area contributed by atoms with Crippen LogP contribution in [0.1, 0.15) is 53.5 Å². The number of allylic oxidation sites excluding steroid dienone is 1. The van der Waals surface area contributed by atoms with Crippen LogP contribution in [0.2, 0.25) is 0 Å². The number of benzene rings is 2. The maximum Gasteiger partial charge on any atom is 0.416 e. The number of Topliss-reactive ketones (excluding diaryl/α,β-unsaturated/α-hetero) is 1. The van der Waals surface area contributed by atoms with Gasteiger partial charge >= 0.3 is 12.2 Å². The summed E-state index contributed by atoms with van der Waals surface area (Å²) in [6.45, 7) is 1.23. The number of ketones is 1. The Hall–Kier alpha value is -3.68. The number of nitrogens with one attached hydrogen (secondary N) is 2. The molecule has 36 heavy (non-hydrogen) atoms. The molecule has 1 unspecified atom stereocenters. The van der Waals surface area contributed by atoms with Crippen LogP contribution in [0.3, 0.4) is 0 Å². The Morgan fingerprint density at radius 3 is 2.47 bits per heavy atom. The van der Waals surface area contributed by atoms with E-state index in [-0.39, 0.29) is 17.4 Å². The second-order valence-electron chi connectivity index (χ2n) is 9.23. The number of carbonyl (C=O) groups excluding carboxylic acids is 2. The van der Waals surface area contributed by atoms with E-state index < -0.39 is 23.8 Å². The fraction of sp³-hybridized carbons (Fsp3) is 0.346. The van der Waals surface area contributed by atoms with Crippen LogP contribution in [-0.2, 0) is 11.0 Å². The summed E-state index contributed by atoms with van der Waals surface area (Å²) in [5, 5.41) is 9.47. The van der Waals surface area contributed by atoms with Gasteiger partial charge in [0.15, 0.2) is 5.78 Å². The molecular formula is C26H24F3N5O2. The minimum atomic E-state index is -4.57. The van der Waals surface area contributed by atoms with Crippen molar-refractivity contribution in [1.29, 1.82) is 5.26 Å². The smallest absolute Gasteiger partial charge is 0.316 e. The van der Waals surface area contributed by atoms with Gasteiger partial charge in [-0.3, -0.25) is 20.5 Å². The lowest BCUT2D eigenvalue weighted by atomic mass is 9.80. The molecule has 0 aromatic heterocycles. The highest BCUT2D eigenvalue weighted by atomic mass is 19.4. The lowest BCUT2D eigenvalue weighted by Crippen LogP contribution is -2.50. The van der Waals surface area contributed by atoms with Gasteiger partial charge in [0, 0.05) is 43.7 Å². The lowest BCUT2D eigenvalue weighted by molar-refractivity contribution is -0.137. The van der Waals surface area contributed by atoms with Gasteiger partial charge in [-0.25, -0.2) is 4.79 Å². The Labute approximate surface area is 206 Å². The summed E-state index contributed by atoms with van der Waals surface area (Å²) in [5.41, 5.74) is 8.30. The van der Waals surface area contributed by atoms with Crippen molar-refractivity contribution in [3.05, 3.63) is 76.0 Å². The Kier molecular flexibility index (Phi) is 6.06. The number of rotatable bonds is 3. The molecule has 7 nitrogen and oxygen atoms in total. The van der Waals surface area contributed by atoms with Crippen LogP contribution in [0.25, 0.3) is 0 Å². The van der Waals surface area contributed by atoms with Gasteiger partial charge in [-0.05, 0) is 54.3 Å². The highest BCUT2D eigenvalue weighted by molar-refractivity contribution is 6.06. The molecule has 2 amide bonds. The number of nitriles is 1. The number of likely N-dealkylation sites (N-methyl/N-ethyl adjacent to an activating group) is 1. The molecule has 1 saturated heterocycles. The molecule has 3 aliphatic rings. The highest BCUT2D eigenvalue weighted by Crippen LogP contribution is 2.45. The third-order valence-corrected chi connectivity index (χ3v) is 7.06. The quantitative estimate of drug-likeness (QED) is 0.660. The molecule has 2 aromatic carbocycles. The normalized spacial score (nSPS) is 21.1. The molecule has 5 rings (SSSR count). The molecule has 186 valence electrons. The van der Waals surface area contributed by atoms with Crippen molar-refractivity contribution in [2.45, 2.75) is 37.4 Å². The molecule has 2 heterocycles. The van der Waals surface area contributed by atoms with Crippen molar-refractivity contribution >= 4 is 17.5 Å². The van der Waals surface area contributed by atoms with Crippen LogP contribution >= 0.6 is 0 Å². The van der Waals surface area contributed by atoms with E-state index in [1.54, 1.807) is 25.2 Å². The molecule has 1 fully saturated rings. The number of carbonyl (C=O) groups is 2. The summed E-state index contributed by atoms with van der Waals surface area (Å²) >= 11 is 0. The zero-order chi connectivity index (χ0) is 25.6. The number of hydrogen-bond acceptors (Lipinski definition) is 5. The maximum atomic E-state index is 13.7. The van der Waals surface area contributed by atoms with E-state index >= 15 is 0 Å². The number of nitrogens with zero attached hydrogens (tertiary/aromatic N) is 3. The number of amides is 2. The first-order valence-electron chi connectivity index (χ1n) is 11.7. The molecule has 0 radical (unpaired) electrons. The summed E-state index contributed by atoms with van der Waals surface area (Å²) < 4.78 is 40.3. The van der Waals surface area contributed by atoms with Crippen molar-refractivity contribution in [3.8, 4) is 6.07 Å². The summed E-state index contributed by atoms with van der Waals surface area (Å²) in [6, 6.07) is 10.8. The van der Waals surface area contributed by atoms with Crippen LogP contribution in [0.5, 0.6) is 0 Å². The van der Waals surface area contributed by atoms with E-state index in [1.807, 2.05) is 0 Å². The third-order valence-electron chi connectivity index (χ3n) is 7.06. The zero-order valence-electron chi connectivity index (χ0n) is 19.5. The van der Waals surface area contributed by atoms with Gasteiger partial charge in [-0.2, -0.15) is 18.4 Å². The van der Waals surface area contributed by atoms with Crippen molar-refractivity contribution in [2.24, 2.45) is 0 Å². The fourth-order valence-electron chi connectivity index (χ4n) is 5.35. The summed E-state index contributed by atoms with van der Waals surface area (Å²) in [4.78, 5) is 29.7. The molecule has 1 aliphatic carbocycles. The van der Waals surface area contributed by atoms with Crippen LogP contribution in [-0.4, -0.2) is 36.9 Å². The largest absolute Gasteiger partial charge is 0.416 e. The van der Waals surface area contributed by atoms with E-state index in [9.17, 15) is 28.0 Å². The Morgan fingerprint density at radius 1 is 1.03 bits per heavy atom. The van der Waals surface area contributed by atoms with E-state index in [2.05, 4.69) is 16.9 Å². The molecule has 1 atom stereocenters. The van der Waals surface area contributed by atoms with Gasteiger partial charge < -0.3 is 4.90 Å². The van der Waals surface area contributed by atoms with E-state index in [0.717, 1.165) is 23.3 Å². The van der Waals surface area contributed by atoms with Gasteiger partial charge in [0.25, 0.3) is 0 Å². The summed E-state index contributed by atoms with van der Waals surface area (Å²) in [6.07, 6.45) is -3.37. The van der Waals surface area contributed by atoms with Crippen LogP contribution < -0.4 is 15.8 Å². The number of hydrogen-bond donors (Lipinski definition) is 2. The lowest BCUT2D eigenvalue weighted by Gasteiger charge is -2.44. The Balaban J connectivity index is 1.69. The molecule has 2 aromatic rings. The minimum Gasteiger partial charge on any atom is -0.316 e. The second kappa shape index (κ2) is 9.08. The van der Waals surface area contributed by atoms with Gasteiger partial charge in [0.2, 0.25) is 0 Å².